The maximum atomic E-state index is 13.1. The molecule has 6 N–H and O–H groups in total. The lowest BCUT2D eigenvalue weighted by atomic mass is 9.99. The lowest BCUT2D eigenvalue weighted by Gasteiger charge is -2.40. The number of hydrogen-bond acceptors (Lipinski definition) is 8. The van der Waals surface area contributed by atoms with Crippen molar-refractivity contribution in [1.82, 2.24) is 5.32 Å². The molecule has 1 amide bonds. The lowest BCUT2D eigenvalue weighted by Crippen LogP contribution is -2.60. The van der Waals surface area contributed by atoms with Crippen LogP contribution in [0.25, 0.3) is 0 Å². The van der Waals surface area contributed by atoms with Gasteiger partial charge in [-0.25, -0.2) is 0 Å². The third kappa shape index (κ3) is 48.7. The molecular formula is C71H135NO8. The molecule has 7 atom stereocenters. The summed E-state index contributed by atoms with van der Waals surface area (Å²) in [6.07, 6.45) is 74.3. The largest absolute Gasteiger partial charge is 0.394 e. The summed E-state index contributed by atoms with van der Waals surface area (Å²) >= 11 is 0. The molecule has 1 rings (SSSR count). The van der Waals surface area contributed by atoms with Crippen molar-refractivity contribution in [2.45, 2.75) is 397 Å². The molecule has 0 radical (unpaired) electrons. The summed E-state index contributed by atoms with van der Waals surface area (Å²) in [5, 5.41) is 54.6. The second-order valence-electron chi connectivity index (χ2n) is 24.7. The number of amides is 1. The normalized spacial score (nSPS) is 18.6. The fourth-order valence-corrected chi connectivity index (χ4v) is 11.4. The first kappa shape index (κ1) is 76.4. The van der Waals surface area contributed by atoms with E-state index in [-0.39, 0.29) is 12.5 Å². The van der Waals surface area contributed by atoms with Crippen LogP contribution in [0.5, 0.6) is 0 Å². The predicted octanol–water partition coefficient (Wildman–Crippen LogP) is 19.0. The summed E-state index contributed by atoms with van der Waals surface area (Å²) in [6.45, 7) is 3.80. The molecule has 9 nitrogen and oxygen atoms in total. The molecule has 80 heavy (non-hydrogen) atoms. The highest BCUT2D eigenvalue weighted by molar-refractivity contribution is 5.76. The molecule has 0 saturated carbocycles. The van der Waals surface area contributed by atoms with Crippen LogP contribution in [0, 0.1) is 0 Å². The highest BCUT2D eigenvalue weighted by Gasteiger charge is 2.44. The molecule has 0 bridgehead atoms. The van der Waals surface area contributed by atoms with Gasteiger partial charge in [-0.1, -0.05) is 326 Å². The zero-order chi connectivity index (χ0) is 57.9. The standard InChI is InChI=1S/C71H135NO8/c1-3-5-7-9-11-13-15-17-19-21-22-23-24-25-26-27-28-29-30-31-32-33-34-35-36-37-38-39-40-41-42-43-44-45-47-49-51-53-55-57-59-61-67(75)72-64(63-79-71-70(78)69(77)68(76)66(62-73)80-71)65(74)60-58-56-54-52-50-48-46-20-18-16-14-12-10-8-6-4-2/h21-22,50,52,58,60,64-66,68-71,73-74,76-78H,3-20,23-49,51,53-57,59,61-63H2,1-2H3,(H,72,75)/b22-21-,52-50+,60-58+. The van der Waals surface area contributed by atoms with Crippen molar-refractivity contribution in [2.24, 2.45) is 0 Å². The molecule has 1 saturated heterocycles. The minimum absolute atomic E-state index is 0.180. The Morgan fingerprint density at radius 3 is 1.05 bits per heavy atom. The number of carbonyl (C=O) groups is 1. The van der Waals surface area contributed by atoms with E-state index >= 15 is 0 Å². The first-order chi connectivity index (χ1) is 39.3. The summed E-state index contributed by atoms with van der Waals surface area (Å²) in [5.41, 5.74) is 0. The molecule has 1 fully saturated rings. The SMILES string of the molecule is CCCCCCCCCC/C=C\CCCCCCCCCCCCCCCCCCCCCCCCCCCCCCCC(=O)NC(COC1OC(CO)C(O)C(O)C1O)C(O)/C=C/CC/C=C/CCCCCCCCCCCC. The van der Waals surface area contributed by atoms with Gasteiger partial charge in [-0.3, -0.25) is 4.79 Å². The van der Waals surface area contributed by atoms with Gasteiger partial charge in [-0.05, 0) is 57.8 Å². The van der Waals surface area contributed by atoms with Gasteiger partial charge in [-0.15, -0.1) is 0 Å². The Kier molecular flexibility index (Phi) is 57.8. The summed E-state index contributed by atoms with van der Waals surface area (Å²) in [6, 6.07) is -0.820. The van der Waals surface area contributed by atoms with Crippen LogP contribution in [0.3, 0.4) is 0 Å². The van der Waals surface area contributed by atoms with Crippen molar-refractivity contribution in [3.05, 3.63) is 36.5 Å². The van der Waals surface area contributed by atoms with Gasteiger partial charge in [0.15, 0.2) is 6.29 Å². The maximum Gasteiger partial charge on any atom is 0.220 e. The number of aliphatic hydroxyl groups excluding tert-OH is 5. The van der Waals surface area contributed by atoms with Crippen molar-refractivity contribution in [2.75, 3.05) is 13.2 Å². The average Bonchev–Trinajstić information content (AvgIpc) is 3.46. The first-order valence-electron chi connectivity index (χ1n) is 35.2. The van der Waals surface area contributed by atoms with Gasteiger partial charge in [-0.2, -0.15) is 0 Å². The van der Waals surface area contributed by atoms with E-state index in [2.05, 4.69) is 43.5 Å². The molecule has 1 heterocycles. The molecule has 0 spiro atoms. The third-order valence-electron chi connectivity index (χ3n) is 16.9. The van der Waals surface area contributed by atoms with Crippen LogP contribution in [0.4, 0.5) is 0 Å². The van der Waals surface area contributed by atoms with Crippen LogP contribution in [0.1, 0.15) is 354 Å². The quantitative estimate of drug-likeness (QED) is 0.0261. The van der Waals surface area contributed by atoms with Crippen molar-refractivity contribution in [3.63, 3.8) is 0 Å². The Bertz CT molecular complexity index is 1360. The van der Waals surface area contributed by atoms with Crippen molar-refractivity contribution >= 4 is 5.91 Å². The second-order valence-corrected chi connectivity index (χ2v) is 24.7. The number of allylic oxidation sites excluding steroid dienone is 5. The number of carbonyl (C=O) groups excluding carboxylic acids is 1. The highest BCUT2D eigenvalue weighted by atomic mass is 16.7. The number of ether oxygens (including phenoxy) is 2. The molecule has 9 heteroatoms. The van der Waals surface area contributed by atoms with Crippen LogP contribution in [0.15, 0.2) is 36.5 Å². The summed E-state index contributed by atoms with van der Waals surface area (Å²) in [7, 11) is 0. The van der Waals surface area contributed by atoms with E-state index in [9.17, 15) is 30.3 Å². The lowest BCUT2D eigenvalue weighted by molar-refractivity contribution is -0.302. The number of hydrogen-bond donors (Lipinski definition) is 6. The van der Waals surface area contributed by atoms with Gasteiger partial charge in [0.1, 0.15) is 24.4 Å². The molecule has 0 aliphatic carbocycles. The third-order valence-corrected chi connectivity index (χ3v) is 16.9. The molecule has 0 aromatic heterocycles. The summed E-state index contributed by atoms with van der Waals surface area (Å²) < 4.78 is 11.3. The molecule has 472 valence electrons. The number of nitrogens with one attached hydrogen (secondary N) is 1. The van der Waals surface area contributed by atoms with E-state index in [4.69, 9.17) is 9.47 Å². The van der Waals surface area contributed by atoms with Crippen molar-refractivity contribution in [1.29, 1.82) is 0 Å². The van der Waals surface area contributed by atoms with Gasteiger partial charge in [0.05, 0.1) is 25.4 Å². The van der Waals surface area contributed by atoms with Crippen LogP contribution < -0.4 is 5.32 Å². The Labute approximate surface area is 495 Å². The zero-order valence-corrected chi connectivity index (χ0v) is 52.9. The van der Waals surface area contributed by atoms with E-state index in [1.807, 2.05) is 6.08 Å². The van der Waals surface area contributed by atoms with Gasteiger partial charge < -0.3 is 40.3 Å². The van der Waals surface area contributed by atoms with Gasteiger partial charge >= 0.3 is 0 Å². The minimum Gasteiger partial charge on any atom is -0.394 e. The topological polar surface area (TPSA) is 149 Å². The first-order valence-corrected chi connectivity index (χ1v) is 35.2. The summed E-state index contributed by atoms with van der Waals surface area (Å²) in [5.74, 6) is -0.180. The van der Waals surface area contributed by atoms with E-state index < -0.39 is 49.5 Å². The average molecular weight is 1130 g/mol. The van der Waals surface area contributed by atoms with Crippen LogP contribution in [0.2, 0.25) is 0 Å². The number of unbranched alkanes of at least 4 members (excludes halogenated alkanes) is 48. The second kappa shape index (κ2) is 60.5. The predicted molar refractivity (Wildman–Crippen MR) is 341 cm³/mol. The fourth-order valence-electron chi connectivity index (χ4n) is 11.4. The Hall–Kier alpha value is -1.59. The molecule has 1 aliphatic heterocycles. The van der Waals surface area contributed by atoms with E-state index in [1.165, 1.54) is 295 Å². The monoisotopic (exact) mass is 1130 g/mol. The van der Waals surface area contributed by atoms with Crippen molar-refractivity contribution in [3.8, 4) is 0 Å². The van der Waals surface area contributed by atoms with E-state index in [0.29, 0.717) is 6.42 Å². The number of aliphatic hydroxyl groups is 5. The minimum atomic E-state index is -1.57. The number of rotatable bonds is 62. The van der Waals surface area contributed by atoms with Gasteiger partial charge in [0, 0.05) is 6.42 Å². The zero-order valence-electron chi connectivity index (χ0n) is 52.9. The molecule has 7 unspecified atom stereocenters. The fraction of sp³-hybridized carbons (Fsp3) is 0.901. The van der Waals surface area contributed by atoms with Crippen LogP contribution in [-0.4, -0.2) is 87.5 Å². The maximum absolute atomic E-state index is 13.1. The van der Waals surface area contributed by atoms with Crippen LogP contribution >= 0.6 is 0 Å². The van der Waals surface area contributed by atoms with Gasteiger partial charge in [0.25, 0.3) is 0 Å². The Morgan fingerprint density at radius 1 is 0.412 bits per heavy atom. The van der Waals surface area contributed by atoms with Crippen LogP contribution in [-0.2, 0) is 14.3 Å². The smallest absolute Gasteiger partial charge is 0.220 e. The summed E-state index contributed by atoms with van der Waals surface area (Å²) in [4.78, 5) is 13.1. The Balaban J connectivity index is 2.02. The Morgan fingerprint density at radius 2 is 0.713 bits per heavy atom. The van der Waals surface area contributed by atoms with Gasteiger partial charge in [0.2, 0.25) is 5.91 Å². The molecule has 1 aliphatic rings. The van der Waals surface area contributed by atoms with E-state index in [1.54, 1.807) is 6.08 Å². The van der Waals surface area contributed by atoms with E-state index in [0.717, 1.165) is 38.5 Å². The highest BCUT2D eigenvalue weighted by Crippen LogP contribution is 2.23. The molecular weight excluding hydrogens is 995 g/mol. The molecule has 0 aromatic carbocycles. The molecule has 0 aromatic rings. The van der Waals surface area contributed by atoms with Crippen molar-refractivity contribution < 1.29 is 39.8 Å².